The van der Waals surface area contributed by atoms with E-state index in [-0.39, 0.29) is 0 Å². The highest BCUT2D eigenvalue weighted by molar-refractivity contribution is 6.30. The van der Waals surface area contributed by atoms with Gasteiger partial charge in [0.1, 0.15) is 0 Å². The van der Waals surface area contributed by atoms with E-state index < -0.39 is 0 Å². The lowest BCUT2D eigenvalue weighted by molar-refractivity contribution is 0.511. The van der Waals surface area contributed by atoms with Crippen LogP contribution in [-0.4, -0.2) is 22.4 Å². The average Bonchev–Trinajstić information content (AvgIpc) is 2.57. The number of rotatable bonds is 7. The average molecular weight is 230 g/mol. The molecule has 1 aromatic heterocycles. The van der Waals surface area contributed by atoms with Gasteiger partial charge < -0.3 is 5.32 Å². The van der Waals surface area contributed by atoms with Crippen LogP contribution in [0.15, 0.2) is 12.4 Å². The molecule has 0 unspecified atom stereocenters. The molecule has 1 aromatic rings. The van der Waals surface area contributed by atoms with Crippen molar-refractivity contribution in [3.8, 4) is 0 Å². The first-order valence-corrected chi connectivity index (χ1v) is 5.97. The van der Waals surface area contributed by atoms with Crippen LogP contribution in [0.3, 0.4) is 0 Å². The van der Waals surface area contributed by atoms with Gasteiger partial charge in [0.2, 0.25) is 0 Å². The van der Waals surface area contributed by atoms with E-state index in [1.165, 1.54) is 12.8 Å². The number of hydrogen-bond acceptors (Lipinski definition) is 2. The number of nitrogens with one attached hydrogen (secondary N) is 1. The smallest absolute Gasteiger partial charge is 0.0785 e. The van der Waals surface area contributed by atoms with Crippen molar-refractivity contribution in [1.29, 1.82) is 0 Å². The summed E-state index contributed by atoms with van der Waals surface area (Å²) in [5.41, 5.74) is 0. The molecule has 0 saturated carbocycles. The molecular weight excluding hydrogens is 210 g/mol. The molecule has 0 aliphatic heterocycles. The van der Waals surface area contributed by atoms with Crippen LogP contribution in [0.4, 0.5) is 0 Å². The summed E-state index contributed by atoms with van der Waals surface area (Å²) in [6, 6.07) is 0.593. The van der Waals surface area contributed by atoms with Crippen molar-refractivity contribution in [2.75, 3.05) is 6.54 Å². The van der Waals surface area contributed by atoms with E-state index in [9.17, 15) is 0 Å². The molecule has 15 heavy (non-hydrogen) atoms. The number of hydrogen-bond donors (Lipinski definition) is 1. The fourth-order valence-electron chi connectivity index (χ4n) is 1.43. The fraction of sp³-hybridized carbons (Fsp3) is 0.727. The molecule has 0 amide bonds. The summed E-state index contributed by atoms with van der Waals surface area (Å²) >= 11 is 5.76. The molecule has 1 rings (SSSR count). The molecule has 0 atom stereocenters. The number of halogens is 1. The first-order valence-electron chi connectivity index (χ1n) is 5.60. The van der Waals surface area contributed by atoms with Crippen molar-refractivity contribution in [1.82, 2.24) is 15.1 Å². The quantitative estimate of drug-likeness (QED) is 0.729. The maximum atomic E-state index is 5.76. The van der Waals surface area contributed by atoms with Crippen LogP contribution < -0.4 is 5.32 Å². The Morgan fingerprint density at radius 1 is 1.40 bits per heavy atom. The Bertz CT molecular complexity index is 271. The van der Waals surface area contributed by atoms with Gasteiger partial charge in [0, 0.05) is 18.8 Å². The Hall–Kier alpha value is -0.540. The molecule has 0 saturated heterocycles. The van der Waals surface area contributed by atoms with Crippen molar-refractivity contribution >= 4 is 11.6 Å². The zero-order chi connectivity index (χ0) is 11.1. The Labute approximate surface area is 96.8 Å². The third-order valence-corrected chi connectivity index (χ3v) is 2.41. The Balaban J connectivity index is 1.98. The first kappa shape index (κ1) is 12.5. The van der Waals surface area contributed by atoms with Crippen LogP contribution in [0.25, 0.3) is 0 Å². The molecule has 0 aliphatic carbocycles. The molecule has 3 nitrogen and oxygen atoms in total. The normalized spacial score (nSPS) is 11.2. The van der Waals surface area contributed by atoms with Crippen molar-refractivity contribution in [3.63, 3.8) is 0 Å². The fourth-order valence-corrected chi connectivity index (χ4v) is 1.58. The second kappa shape index (κ2) is 6.85. The second-order valence-corrected chi connectivity index (χ2v) is 4.53. The van der Waals surface area contributed by atoms with Gasteiger partial charge in [-0.2, -0.15) is 5.10 Å². The molecule has 0 aromatic carbocycles. The Morgan fingerprint density at radius 2 is 2.20 bits per heavy atom. The largest absolute Gasteiger partial charge is 0.315 e. The molecule has 86 valence electrons. The maximum absolute atomic E-state index is 5.76. The van der Waals surface area contributed by atoms with Crippen LogP contribution >= 0.6 is 11.6 Å². The van der Waals surface area contributed by atoms with Crippen LogP contribution in [0.5, 0.6) is 0 Å². The molecule has 0 aliphatic rings. The minimum absolute atomic E-state index is 0.593. The summed E-state index contributed by atoms with van der Waals surface area (Å²) in [6.45, 7) is 6.42. The number of aryl methyl sites for hydroxylation is 1. The predicted octanol–water partition coefficient (Wildman–Crippen LogP) is 2.70. The zero-order valence-corrected chi connectivity index (χ0v) is 10.3. The van der Waals surface area contributed by atoms with E-state index in [2.05, 4.69) is 24.3 Å². The Kier molecular flexibility index (Phi) is 5.73. The van der Waals surface area contributed by atoms with Crippen LogP contribution in [0.1, 0.15) is 33.1 Å². The third kappa shape index (κ3) is 5.80. The summed E-state index contributed by atoms with van der Waals surface area (Å²) in [7, 11) is 0. The predicted molar refractivity (Wildman–Crippen MR) is 64.2 cm³/mol. The molecule has 0 bridgehead atoms. The van der Waals surface area contributed by atoms with Gasteiger partial charge >= 0.3 is 0 Å². The second-order valence-electron chi connectivity index (χ2n) is 4.09. The summed E-state index contributed by atoms with van der Waals surface area (Å²) in [4.78, 5) is 0. The lowest BCUT2D eigenvalue weighted by Crippen LogP contribution is -2.23. The number of aromatic nitrogens is 2. The molecule has 4 heteroatoms. The van der Waals surface area contributed by atoms with Crippen LogP contribution in [-0.2, 0) is 6.54 Å². The van der Waals surface area contributed by atoms with Crippen LogP contribution in [0, 0.1) is 0 Å². The van der Waals surface area contributed by atoms with Gasteiger partial charge in [-0.1, -0.05) is 31.9 Å². The highest BCUT2D eigenvalue weighted by atomic mass is 35.5. The monoisotopic (exact) mass is 229 g/mol. The Morgan fingerprint density at radius 3 is 2.80 bits per heavy atom. The van der Waals surface area contributed by atoms with Gasteiger partial charge in [-0.05, 0) is 19.4 Å². The van der Waals surface area contributed by atoms with Gasteiger partial charge in [0.15, 0.2) is 0 Å². The van der Waals surface area contributed by atoms with Crippen molar-refractivity contribution in [3.05, 3.63) is 17.4 Å². The van der Waals surface area contributed by atoms with Crippen molar-refractivity contribution < 1.29 is 0 Å². The highest BCUT2D eigenvalue weighted by Crippen LogP contribution is 2.06. The van der Waals surface area contributed by atoms with E-state index >= 15 is 0 Å². The lowest BCUT2D eigenvalue weighted by atomic mass is 10.2. The van der Waals surface area contributed by atoms with E-state index in [4.69, 9.17) is 11.6 Å². The molecular formula is C11H20ClN3. The molecule has 0 fully saturated rings. The summed E-state index contributed by atoms with van der Waals surface area (Å²) in [6.07, 6.45) is 7.18. The summed E-state index contributed by atoms with van der Waals surface area (Å²) < 4.78 is 1.90. The van der Waals surface area contributed by atoms with E-state index in [0.717, 1.165) is 24.5 Å². The maximum Gasteiger partial charge on any atom is 0.0785 e. The highest BCUT2D eigenvalue weighted by Gasteiger charge is 1.96. The number of unbranched alkanes of at least 4 members (excludes halogenated alkanes) is 2. The van der Waals surface area contributed by atoms with Gasteiger partial charge in [-0.3, -0.25) is 4.68 Å². The SMILES string of the molecule is CC(C)NCCCCCn1cc(Cl)cn1. The molecule has 1 N–H and O–H groups in total. The standard InChI is InChI=1S/C11H20ClN3/c1-10(2)13-6-4-3-5-7-15-9-11(12)8-14-15/h8-10,13H,3-7H2,1-2H3. The number of nitrogens with zero attached hydrogens (tertiary/aromatic N) is 2. The van der Waals surface area contributed by atoms with Crippen molar-refractivity contribution in [2.45, 2.75) is 45.7 Å². The minimum atomic E-state index is 0.593. The van der Waals surface area contributed by atoms with Gasteiger partial charge in [-0.25, -0.2) is 0 Å². The molecule has 0 spiro atoms. The van der Waals surface area contributed by atoms with E-state index in [0.29, 0.717) is 6.04 Å². The van der Waals surface area contributed by atoms with Crippen molar-refractivity contribution in [2.24, 2.45) is 0 Å². The van der Waals surface area contributed by atoms with E-state index in [1.807, 2.05) is 10.9 Å². The van der Waals surface area contributed by atoms with Gasteiger partial charge in [0.25, 0.3) is 0 Å². The zero-order valence-electron chi connectivity index (χ0n) is 9.54. The summed E-state index contributed by atoms with van der Waals surface area (Å²) in [5.74, 6) is 0. The van der Waals surface area contributed by atoms with Gasteiger partial charge in [-0.15, -0.1) is 0 Å². The topological polar surface area (TPSA) is 29.9 Å². The molecule has 1 heterocycles. The van der Waals surface area contributed by atoms with E-state index in [1.54, 1.807) is 6.20 Å². The molecule has 0 radical (unpaired) electrons. The lowest BCUT2D eigenvalue weighted by Gasteiger charge is -2.07. The van der Waals surface area contributed by atoms with Gasteiger partial charge in [0.05, 0.1) is 11.2 Å². The first-order chi connectivity index (χ1) is 7.18. The van der Waals surface area contributed by atoms with Crippen LogP contribution in [0.2, 0.25) is 5.02 Å². The third-order valence-electron chi connectivity index (χ3n) is 2.22. The summed E-state index contributed by atoms with van der Waals surface area (Å²) in [5, 5.41) is 8.25. The minimum Gasteiger partial charge on any atom is -0.315 e.